The minimum absolute atomic E-state index is 0.306. The molecule has 76 valence electrons. The van der Waals surface area contributed by atoms with Crippen molar-refractivity contribution in [3.05, 3.63) is 34.6 Å². The highest BCUT2D eigenvalue weighted by molar-refractivity contribution is 6.50. The van der Waals surface area contributed by atoms with E-state index in [1.54, 1.807) is 0 Å². The molecule has 0 spiro atoms. The monoisotopic (exact) mass is 208 g/mol. The van der Waals surface area contributed by atoms with Gasteiger partial charge in [0.25, 0.3) is 5.69 Å². The van der Waals surface area contributed by atoms with E-state index in [0.29, 0.717) is 4.73 Å². The van der Waals surface area contributed by atoms with Gasteiger partial charge in [-0.15, -0.1) is 0 Å². The first kappa shape index (κ1) is 10.3. The Morgan fingerprint density at radius 1 is 1.36 bits per heavy atom. The second-order valence-electron chi connectivity index (χ2n) is 2.29. The molecule has 1 rings (SSSR count). The fourth-order valence-corrected chi connectivity index (χ4v) is 0.735. The molecular weight excluding hydrogens is 204 g/mol. The average Bonchev–Trinajstić information content (AvgIpc) is 2.02. The Morgan fingerprint density at radius 3 is 2.21 bits per heavy atom. The van der Waals surface area contributed by atoms with Crippen LogP contribution in [0.5, 0.6) is 0 Å². The zero-order chi connectivity index (χ0) is 10.8. The molecular formula is C5H4BF3N2O3. The van der Waals surface area contributed by atoms with Crippen molar-refractivity contribution in [3.63, 3.8) is 0 Å². The summed E-state index contributed by atoms with van der Waals surface area (Å²) >= 11 is 0. The number of nitrogens with zero attached hydrogens (tertiary/aromatic N) is 2. The summed E-state index contributed by atoms with van der Waals surface area (Å²) in [6, 6.07) is 1.81. The molecule has 0 aliphatic carbocycles. The zero-order valence-electron chi connectivity index (χ0n) is 6.64. The van der Waals surface area contributed by atoms with E-state index in [4.69, 9.17) is 0 Å². The summed E-state index contributed by atoms with van der Waals surface area (Å²) in [7, 11) is -5.42. The number of pyridine rings is 1. The van der Waals surface area contributed by atoms with Gasteiger partial charge in [-0.05, 0) is 4.73 Å². The summed E-state index contributed by atoms with van der Waals surface area (Å²) in [6.07, 6.45) is 1.63. The van der Waals surface area contributed by atoms with Gasteiger partial charge in [0.05, 0.1) is 17.1 Å². The van der Waals surface area contributed by atoms with Crippen molar-refractivity contribution < 1.29 is 27.4 Å². The maximum absolute atomic E-state index is 11.7. The van der Waals surface area contributed by atoms with Gasteiger partial charge < -0.3 is 17.7 Å². The van der Waals surface area contributed by atoms with Crippen LogP contribution in [0.2, 0.25) is 0 Å². The van der Waals surface area contributed by atoms with Gasteiger partial charge in [0, 0.05) is 0 Å². The average molecular weight is 208 g/mol. The van der Waals surface area contributed by atoms with Gasteiger partial charge in [0.2, 0.25) is 12.4 Å². The normalized spacial score (nSPS) is 11.1. The molecule has 0 N–H and O–H groups in total. The van der Waals surface area contributed by atoms with Gasteiger partial charge in [-0.1, -0.05) is 0 Å². The van der Waals surface area contributed by atoms with E-state index < -0.39 is 12.1 Å². The first-order chi connectivity index (χ1) is 6.38. The minimum Gasteiger partial charge on any atom is -0.407 e. The third kappa shape index (κ3) is 2.92. The smallest absolute Gasteiger partial charge is 0.407 e. The lowest BCUT2D eigenvalue weighted by atomic mass is 10.3. The largest absolute Gasteiger partial charge is 0.752 e. The molecule has 0 aliphatic heterocycles. The van der Waals surface area contributed by atoms with Crippen LogP contribution in [0.4, 0.5) is 18.6 Å². The summed E-state index contributed by atoms with van der Waals surface area (Å²) in [6.45, 7) is 0. The lowest BCUT2D eigenvalue weighted by Crippen LogP contribution is -2.52. The summed E-state index contributed by atoms with van der Waals surface area (Å²) < 4.78 is 38.9. The van der Waals surface area contributed by atoms with Crippen molar-refractivity contribution in [1.29, 1.82) is 0 Å². The Labute approximate surface area is 75.9 Å². The van der Waals surface area contributed by atoms with E-state index >= 15 is 0 Å². The summed E-state index contributed by atoms with van der Waals surface area (Å²) in [4.78, 5) is 9.42. The maximum atomic E-state index is 11.7. The molecule has 0 fully saturated rings. The quantitative estimate of drug-likeness (QED) is 0.317. The van der Waals surface area contributed by atoms with Gasteiger partial charge in [0.15, 0.2) is 0 Å². The fraction of sp³-hybridized carbons (Fsp3) is 0. The molecule has 0 atom stereocenters. The molecule has 1 aromatic heterocycles. The van der Waals surface area contributed by atoms with Gasteiger partial charge in [-0.3, -0.25) is 10.1 Å². The van der Waals surface area contributed by atoms with E-state index in [1.165, 1.54) is 0 Å². The molecule has 0 amide bonds. The fourth-order valence-electron chi connectivity index (χ4n) is 0.735. The molecule has 0 aromatic carbocycles. The number of halogens is 3. The first-order valence-corrected chi connectivity index (χ1v) is 3.42. The molecule has 5 nitrogen and oxygen atoms in total. The van der Waals surface area contributed by atoms with Crippen LogP contribution >= 0.6 is 0 Å². The van der Waals surface area contributed by atoms with Gasteiger partial charge in [-0.2, -0.15) is 0 Å². The van der Waals surface area contributed by atoms with Crippen LogP contribution in [-0.2, 0) is 0 Å². The van der Waals surface area contributed by atoms with Crippen LogP contribution in [0, 0.1) is 10.1 Å². The van der Waals surface area contributed by atoms with Gasteiger partial charge in [-0.25, -0.2) is 0 Å². The van der Waals surface area contributed by atoms with E-state index in [0.717, 1.165) is 24.5 Å². The Hall–Kier alpha value is -1.80. The highest BCUT2D eigenvalue weighted by Crippen LogP contribution is 2.06. The molecule has 14 heavy (non-hydrogen) atoms. The number of hydrogen-bond acceptors (Lipinski definition) is 3. The molecule has 0 bridgehead atoms. The third-order valence-electron chi connectivity index (χ3n) is 1.24. The van der Waals surface area contributed by atoms with Crippen LogP contribution in [0.3, 0.4) is 0 Å². The van der Waals surface area contributed by atoms with E-state index in [-0.39, 0.29) is 5.69 Å². The molecule has 0 radical (unpaired) electrons. The topological polar surface area (TPSA) is 56.2 Å². The van der Waals surface area contributed by atoms with Crippen LogP contribution in [0.15, 0.2) is 24.5 Å². The van der Waals surface area contributed by atoms with Crippen LogP contribution in [0.25, 0.3) is 0 Å². The first-order valence-electron chi connectivity index (χ1n) is 3.42. The van der Waals surface area contributed by atoms with Crippen LogP contribution in [-0.4, -0.2) is 12.1 Å². The molecule has 1 heterocycles. The van der Waals surface area contributed by atoms with E-state index in [9.17, 15) is 23.1 Å². The van der Waals surface area contributed by atoms with Crippen molar-refractivity contribution >= 4 is 12.9 Å². The molecule has 1 aromatic rings. The van der Waals surface area contributed by atoms with E-state index in [2.05, 4.69) is 4.76 Å². The maximum Gasteiger partial charge on any atom is 0.752 e. The summed E-state index contributed by atoms with van der Waals surface area (Å²) in [5.74, 6) is 0. The van der Waals surface area contributed by atoms with E-state index in [1.807, 2.05) is 0 Å². The second-order valence-corrected chi connectivity index (χ2v) is 2.29. The highest BCUT2D eigenvalue weighted by Gasteiger charge is 2.34. The van der Waals surface area contributed by atoms with Gasteiger partial charge >= 0.3 is 7.18 Å². The van der Waals surface area contributed by atoms with Crippen LogP contribution in [0.1, 0.15) is 0 Å². The standard InChI is InChI=1S/C5H4BF3N2O3/c7-6(8,9)14-10-3-1-5(2-4-10)11(12)13/h1-4H. The van der Waals surface area contributed by atoms with Crippen LogP contribution < -0.4 is 9.49 Å². The number of aromatic nitrogens is 1. The predicted molar refractivity (Wildman–Crippen MR) is 38.9 cm³/mol. The van der Waals surface area contributed by atoms with Crippen molar-refractivity contribution in [2.24, 2.45) is 0 Å². The Morgan fingerprint density at radius 2 is 1.86 bits per heavy atom. The lowest BCUT2D eigenvalue weighted by molar-refractivity contribution is -0.868. The zero-order valence-corrected chi connectivity index (χ0v) is 6.64. The number of rotatable bonds is 3. The second kappa shape index (κ2) is 3.52. The molecule has 0 unspecified atom stereocenters. The molecule has 9 heteroatoms. The van der Waals surface area contributed by atoms with Crippen molar-refractivity contribution in [3.8, 4) is 0 Å². The summed E-state index contributed by atoms with van der Waals surface area (Å²) in [5, 5.41) is 10.1. The SMILES string of the molecule is O=[N+]([O-])c1cc[n+](O[B-](F)(F)F)cc1. The molecule has 0 saturated carbocycles. The molecule has 0 aliphatic rings. The Balaban J connectivity index is 2.79. The van der Waals surface area contributed by atoms with Crippen molar-refractivity contribution in [2.45, 2.75) is 0 Å². The Kier molecular flexibility index (Phi) is 2.59. The lowest BCUT2D eigenvalue weighted by Gasteiger charge is -2.09. The van der Waals surface area contributed by atoms with Gasteiger partial charge in [0.1, 0.15) is 0 Å². The number of hydrogen-bond donors (Lipinski definition) is 0. The van der Waals surface area contributed by atoms with Crippen molar-refractivity contribution in [2.75, 3.05) is 0 Å². The predicted octanol–water partition coefficient (Wildman–Crippen LogP) is 0.655. The molecule has 0 saturated heterocycles. The van der Waals surface area contributed by atoms with Crippen molar-refractivity contribution in [1.82, 2.24) is 0 Å². The Bertz CT molecular complexity index is 339. The number of nitro groups is 1. The minimum atomic E-state index is -5.42. The third-order valence-corrected chi connectivity index (χ3v) is 1.24. The summed E-state index contributed by atoms with van der Waals surface area (Å²) in [5.41, 5.74) is -0.306. The highest BCUT2D eigenvalue weighted by atomic mass is 19.4.